The standard InChI is InChI=1S/C14H17NO3/c1-10(14(17)18-3)13(11(2)16)15-9-12-7-5-4-6-8-12/h4-8,13,15H,1,9H2,2-3H3. The van der Waals surface area contributed by atoms with Gasteiger partial charge in [-0.05, 0) is 12.5 Å². The van der Waals surface area contributed by atoms with E-state index in [2.05, 4.69) is 16.6 Å². The first kappa shape index (κ1) is 14.1. The van der Waals surface area contributed by atoms with Crippen molar-refractivity contribution in [3.8, 4) is 0 Å². The van der Waals surface area contributed by atoms with E-state index in [1.165, 1.54) is 14.0 Å². The van der Waals surface area contributed by atoms with E-state index in [1.54, 1.807) is 0 Å². The lowest BCUT2D eigenvalue weighted by Crippen LogP contribution is -2.39. The van der Waals surface area contributed by atoms with Gasteiger partial charge in [0, 0.05) is 6.54 Å². The molecule has 0 saturated heterocycles. The van der Waals surface area contributed by atoms with Crippen LogP contribution in [0.15, 0.2) is 42.5 Å². The summed E-state index contributed by atoms with van der Waals surface area (Å²) in [6, 6.07) is 8.90. The minimum absolute atomic E-state index is 0.126. The highest BCUT2D eigenvalue weighted by Gasteiger charge is 2.23. The Bertz CT molecular complexity index is 440. The molecule has 0 amide bonds. The lowest BCUT2D eigenvalue weighted by Gasteiger charge is -2.16. The number of nitrogens with one attached hydrogen (secondary N) is 1. The molecule has 0 saturated carbocycles. The number of ketones is 1. The van der Waals surface area contributed by atoms with Crippen LogP contribution in [-0.4, -0.2) is 24.9 Å². The Hall–Kier alpha value is -1.94. The summed E-state index contributed by atoms with van der Waals surface area (Å²) in [5.41, 5.74) is 1.15. The van der Waals surface area contributed by atoms with Crippen molar-refractivity contribution in [2.75, 3.05) is 7.11 Å². The van der Waals surface area contributed by atoms with Crippen molar-refractivity contribution in [1.29, 1.82) is 0 Å². The van der Waals surface area contributed by atoms with Crippen LogP contribution in [0, 0.1) is 0 Å². The van der Waals surface area contributed by atoms with Gasteiger partial charge in [0.1, 0.15) is 0 Å². The summed E-state index contributed by atoms with van der Waals surface area (Å²) in [7, 11) is 1.27. The number of esters is 1. The van der Waals surface area contributed by atoms with Crippen LogP contribution < -0.4 is 5.32 Å². The summed E-state index contributed by atoms with van der Waals surface area (Å²) in [5, 5.41) is 3.00. The van der Waals surface area contributed by atoms with Crippen LogP contribution in [-0.2, 0) is 20.9 Å². The molecule has 1 aromatic carbocycles. The van der Waals surface area contributed by atoms with Gasteiger partial charge in [-0.3, -0.25) is 10.1 Å². The molecule has 1 atom stereocenters. The number of benzene rings is 1. The second kappa shape index (κ2) is 6.71. The van der Waals surface area contributed by atoms with Crippen molar-refractivity contribution in [2.24, 2.45) is 0 Å². The van der Waals surface area contributed by atoms with Gasteiger partial charge in [-0.1, -0.05) is 36.9 Å². The fourth-order valence-electron chi connectivity index (χ4n) is 1.58. The summed E-state index contributed by atoms with van der Waals surface area (Å²) < 4.78 is 4.56. The highest BCUT2D eigenvalue weighted by atomic mass is 16.5. The molecule has 0 bridgehead atoms. The van der Waals surface area contributed by atoms with Crippen molar-refractivity contribution >= 4 is 11.8 Å². The SMILES string of the molecule is C=C(C(=O)OC)C(NCc1ccccc1)C(C)=O. The highest BCUT2D eigenvalue weighted by Crippen LogP contribution is 2.06. The fraction of sp³-hybridized carbons (Fsp3) is 0.286. The van der Waals surface area contributed by atoms with Crippen LogP contribution in [0.1, 0.15) is 12.5 Å². The Balaban J connectivity index is 2.67. The van der Waals surface area contributed by atoms with Crippen molar-refractivity contribution in [3.05, 3.63) is 48.0 Å². The van der Waals surface area contributed by atoms with Gasteiger partial charge in [0.2, 0.25) is 0 Å². The van der Waals surface area contributed by atoms with E-state index in [4.69, 9.17) is 0 Å². The number of methoxy groups -OCH3 is 1. The van der Waals surface area contributed by atoms with E-state index in [0.717, 1.165) is 5.56 Å². The monoisotopic (exact) mass is 247 g/mol. The predicted octanol–water partition coefficient (Wildman–Crippen LogP) is 1.46. The van der Waals surface area contributed by atoms with E-state index < -0.39 is 12.0 Å². The third-order valence-electron chi connectivity index (χ3n) is 2.56. The number of hydrogen-bond donors (Lipinski definition) is 1. The van der Waals surface area contributed by atoms with Crippen LogP contribution >= 0.6 is 0 Å². The van der Waals surface area contributed by atoms with E-state index >= 15 is 0 Å². The number of carbonyl (C=O) groups is 2. The molecule has 1 aromatic rings. The predicted molar refractivity (Wildman–Crippen MR) is 68.9 cm³/mol. The van der Waals surface area contributed by atoms with Gasteiger partial charge in [0.05, 0.1) is 18.7 Å². The summed E-state index contributed by atoms with van der Waals surface area (Å²) in [5.74, 6) is -0.739. The van der Waals surface area contributed by atoms with Gasteiger partial charge in [-0.2, -0.15) is 0 Å². The maximum absolute atomic E-state index is 11.5. The molecule has 96 valence electrons. The molecule has 0 heterocycles. The zero-order valence-corrected chi connectivity index (χ0v) is 10.6. The van der Waals surface area contributed by atoms with E-state index in [9.17, 15) is 9.59 Å². The molecular weight excluding hydrogens is 230 g/mol. The second-order valence-electron chi connectivity index (χ2n) is 3.93. The largest absolute Gasteiger partial charge is 0.466 e. The zero-order chi connectivity index (χ0) is 13.5. The van der Waals surface area contributed by atoms with Crippen LogP contribution in [0.4, 0.5) is 0 Å². The molecule has 1 N–H and O–H groups in total. The Kier molecular flexibility index (Phi) is 5.27. The molecule has 0 aliphatic heterocycles. The molecule has 0 radical (unpaired) electrons. The van der Waals surface area contributed by atoms with Crippen molar-refractivity contribution in [2.45, 2.75) is 19.5 Å². The van der Waals surface area contributed by atoms with Gasteiger partial charge in [0.15, 0.2) is 5.78 Å². The molecule has 0 aromatic heterocycles. The first-order valence-electron chi connectivity index (χ1n) is 5.61. The van der Waals surface area contributed by atoms with Gasteiger partial charge in [0.25, 0.3) is 0 Å². The maximum Gasteiger partial charge on any atom is 0.335 e. The van der Waals surface area contributed by atoms with E-state index in [-0.39, 0.29) is 11.4 Å². The molecule has 0 aliphatic carbocycles. The second-order valence-corrected chi connectivity index (χ2v) is 3.93. The van der Waals surface area contributed by atoms with Crippen molar-refractivity contribution in [3.63, 3.8) is 0 Å². The number of ether oxygens (including phenoxy) is 1. The fourth-order valence-corrected chi connectivity index (χ4v) is 1.58. The number of Topliss-reactive ketones (excluding diaryl/α,β-unsaturated/α-hetero) is 1. The van der Waals surface area contributed by atoms with Gasteiger partial charge in [-0.25, -0.2) is 4.79 Å². The normalized spacial score (nSPS) is 11.7. The topological polar surface area (TPSA) is 55.4 Å². The minimum atomic E-state index is -0.711. The van der Waals surface area contributed by atoms with Crippen LogP contribution in [0.25, 0.3) is 0 Å². The zero-order valence-electron chi connectivity index (χ0n) is 10.6. The number of carbonyl (C=O) groups excluding carboxylic acids is 2. The molecule has 0 fully saturated rings. The Morgan fingerprint density at radius 3 is 2.44 bits per heavy atom. The smallest absolute Gasteiger partial charge is 0.335 e. The lowest BCUT2D eigenvalue weighted by atomic mass is 10.0. The number of hydrogen-bond acceptors (Lipinski definition) is 4. The highest BCUT2D eigenvalue weighted by molar-refractivity contribution is 5.98. The van der Waals surface area contributed by atoms with Crippen LogP contribution in [0.5, 0.6) is 0 Å². The quantitative estimate of drug-likeness (QED) is 0.611. The van der Waals surface area contributed by atoms with Gasteiger partial charge < -0.3 is 4.74 Å². The van der Waals surface area contributed by atoms with Crippen molar-refractivity contribution < 1.29 is 14.3 Å². The molecular formula is C14H17NO3. The molecule has 0 spiro atoms. The minimum Gasteiger partial charge on any atom is -0.466 e. The summed E-state index contributed by atoms with van der Waals surface area (Å²) >= 11 is 0. The summed E-state index contributed by atoms with van der Waals surface area (Å²) in [6.07, 6.45) is 0. The van der Waals surface area contributed by atoms with Crippen molar-refractivity contribution in [1.82, 2.24) is 5.32 Å². The third-order valence-corrected chi connectivity index (χ3v) is 2.56. The van der Waals surface area contributed by atoms with Gasteiger partial charge >= 0.3 is 5.97 Å². The molecule has 1 rings (SSSR count). The van der Waals surface area contributed by atoms with Crippen LogP contribution in [0.2, 0.25) is 0 Å². The average Bonchev–Trinajstić information content (AvgIpc) is 2.38. The van der Waals surface area contributed by atoms with Gasteiger partial charge in [-0.15, -0.1) is 0 Å². The lowest BCUT2D eigenvalue weighted by molar-refractivity contribution is -0.137. The summed E-state index contributed by atoms with van der Waals surface area (Å²) in [6.45, 7) is 5.50. The molecule has 18 heavy (non-hydrogen) atoms. The molecule has 4 heteroatoms. The average molecular weight is 247 g/mol. The maximum atomic E-state index is 11.5. The molecule has 4 nitrogen and oxygen atoms in total. The Morgan fingerprint density at radius 2 is 1.94 bits per heavy atom. The van der Waals surface area contributed by atoms with E-state index in [0.29, 0.717) is 6.54 Å². The number of rotatable bonds is 6. The third kappa shape index (κ3) is 3.82. The Morgan fingerprint density at radius 1 is 1.33 bits per heavy atom. The molecule has 1 unspecified atom stereocenters. The Labute approximate surface area is 107 Å². The first-order valence-corrected chi connectivity index (χ1v) is 5.61. The first-order chi connectivity index (χ1) is 8.56. The van der Waals surface area contributed by atoms with Crippen LogP contribution in [0.3, 0.4) is 0 Å². The summed E-state index contributed by atoms with van der Waals surface area (Å²) in [4.78, 5) is 22.9. The van der Waals surface area contributed by atoms with E-state index in [1.807, 2.05) is 30.3 Å². The molecule has 0 aliphatic rings.